The van der Waals surface area contributed by atoms with Crippen LogP contribution in [0.5, 0.6) is 0 Å². The molecule has 2 fully saturated rings. The van der Waals surface area contributed by atoms with Gasteiger partial charge >= 0.3 is 5.97 Å². The molecule has 2 unspecified atom stereocenters. The van der Waals surface area contributed by atoms with Crippen molar-refractivity contribution >= 4 is 11.9 Å². The number of carbonyl (C=O) groups excluding carboxylic acids is 1. The minimum Gasteiger partial charge on any atom is -0.480 e. The van der Waals surface area contributed by atoms with Crippen molar-refractivity contribution in [2.24, 2.45) is 11.8 Å². The molecule has 1 saturated carbocycles. The Labute approximate surface area is 126 Å². The molecule has 2 aliphatic rings. The summed E-state index contributed by atoms with van der Waals surface area (Å²) < 4.78 is 5.33. The Morgan fingerprint density at radius 2 is 1.95 bits per heavy atom. The molecule has 5 heteroatoms. The molecule has 2 rings (SSSR count). The number of amides is 1. The Bertz CT molecular complexity index is 346. The number of carboxylic acid groups (broad SMARTS) is 1. The fourth-order valence-corrected chi connectivity index (χ4v) is 3.51. The summed E-state index contributed by atoms with van der Waals surface area (Å²) >= 11 is 0. The van der Waals surface area contributed by atoms with Crippen molar-refractivity contribution in [1.29, 1.82) is 0 Å². The monoisotopic (exact) mass is 297 g/mol. The van der Waals surface area contributed by atoms with Gasteiger partial charge in [0.1, 0.15) is 6.04 Å². The Balaban J connectivity index is 1.71. The number of ether oxygens (including phenoxy) is 1. The van der Waals surface area contributed by atoms with Crippen molar-refractivity contribution in [1.82, 2.24) is 5.32 Å². The van der Waals surface area contributed by atoms with E-state index in [0.29, 0.717) is 19.6 Å². The molecule has 1 aliphatic heterocycles. The maximum absolute atomic E-state index is 12.0. The third-order valence-electron chi connectivity index (χ3n) is 4.74. The summed E-state index contributed by atoms with van der Waals surface area (Å²) in [5.74, 6) is -0.407. The lowest BCUT2D eigenvalue weighted by Crippen LogP contribution is -2.48. The quantitative estimate of drug-likeness (QED) is 0.756. The summed E-state index contributed by atoms with van der Waals surface area (Å²) in [6.45, 7) is 1.12. The van der Waals surface area contributed by atoms with E-state index in [2.05, 4.69) is 5.32 Å². The van der Waals surface area contributed by atoms with Crippen molar-refractivity contribution in [3.05, 3.63) is 0 Å². The molecular formula is C16H27NO4. The first kappa shape index (κ1) is 16.3. The van der Waals surface area contributed by atoms with E-state index >= 15 is 0 Å². The second-order valence-electron chi connectivity index (χ2n) is 6.40. The van der Waals surface area contributed by atoms with E-state index in [4.69, 9.17) is 4.74 Å². The minimum absolute atomic E-state index is 0.102. The van der Waals surface area contributed by atoms with Crippen LogP contribution in [0.3, 0.4) is 0 Å². The molecule has 2 atom stereocenters. The smallest absolute Gasteiger partial charge is 0.326 e. The standard InChI is InChI=1S/C16H27NO4/c18-14(9-3-7-12-5-1-2-6-12)17-15(16(19)20)13-8-4-10-21-11-13/h12-13,15H,1-11H2,(H,17,18)(H,19,20). The van der Waals surface area contributed by atoms with Gasteiger partial charge in [-0.15, -0.1) is 0 Å². The van der Waals surface area contributed by atoms with Gasteiger partial charge < -0.3 is 15.2 Å². The first-order valence-electron chi connectivity index (χ1n) is 8.26. The van der Waals surface area contributed by atoms with E-state index in [9.17, 15) is 14.7 Å². The van der Waals surface area contributed by atoms with E-state index in [1.54, 1.807) is 0 Å². The number of rotatable bonds is 7. The molecule has 0 spiro atoms. The van der Waals surface area contributed by atoms with E-state index in [1.165, 1.54) is 25.7 Å². The van der Waals surface area contributed by atoms with Crippen molar-refractivity contribution in [3.8, 4) is 0 Å². The van der Waals surface area contributed by atoms with Crippen molar-refractivity contribution in [3.63, 3.8) is 0 Å². The van der Waals surface area contributed by atoms with Crippen LogP contribution in [-0.4, -0.2) is 36.2 Å². The van der Waals surface area contributed by atoms with Crippen LogP contribution in [0.2, 0.25) is 0 Å². The third-order valence-corrected chi connectivity index (χ3v) is 4.74. The molecule has 1 saturated heterocycles. The number of nitrogens with one attached hydrogen (secondary N) is 1. The Morgan fingerprint density at radius 3 is 2.57 bits per heavy atom. The summed E-state index contributed by atoms with van der Waals surface area (Å²) in [5.41, 5.74) is 0. The summed E-state index contributed by atoms with van der Waals surface area (Å²) in [6.07, 6.45) is 9.29. The molecule has 1 heterocycles. The second-order valence-corrected chi connectivity index (χ2v) is 6.40. The predicted molar refractivity (Wildman–Crippen MR) is 78.9 cm³/mol. The van der Waals surface area contributed by atoms with Gasteiger partial charge in [0.2, 0.25) is 5.91 Å². The largest absolute Gasteiger partial charge is 0.480 e. The van der Waals surface area contributed by atoms with Gasteiger partial charge in [-0.25, -0.2) is 4.79 Å². The summed E-state index contributed by atoms with van der Waals surface area (Å²) in [7, 11) is 0. The molecule has 2 N–H and O–H groups in total. The highest BCUT2D eigenvalue weighted by atomic mass is 16.5. The molecule has 5 nitrogen and oxygen atoms in total. The van der Waals surface area contributed by atoms with Gasteiger partial charge in [-0.1, -0.05) is 25.7 Å². The van der Waals surface area contributed by atoms with Crippen molar-refractivity contribution in [2.75, 3.05) is 13.2 Å². The van der Waals surface area contributed by atoms with Gasteiger partial charge in [0.05, 0.1) is 6.61 Å². The minimum atomic E-state index is -0.949. The molecule has 21 heavy (non-hydrogen) atoms. The lowest BCUT2D eigenvalue weighted by atomic mass is 9.93. The topological polar surface area (TPSA) is 75.6 Å². The van der Waals surface area contributed by atoms with Gasteiger partial charge in [-0.2, -0.15) is 0 Å². The van der Waals surface area contributed by atoms with E-state index < -0.39 is 12.0 Å². The average Bonchev–Trinajstić information content (AvgIpc) is 2.98. The Kier molecular flexibility index (Phi) is 6.49. The van der Waals surface area contributed by atoms with Crippen LogP contribution in [0.25, 0.3) is 0 Å². The first-order chi connectivity index (χ1) is 10.2. The van der Waals surface area contributed by atoms with Crippen LogP contribution in [0, 0.1) is 11.8 Å². The van der Waals surface area contributed by atoms with E-state index in [-0.39, 0.29) is 11.8 Å². The van der Waals surface area contributed by atoms with Gasteiger partial charge in [0.15, 0.2) is 0 Å². The highest BCUT2D eigenvalue weighted by molar-refractivity contribution is 5.83. The molecule has 0 aromatic carbocycles. The molecular weight excluding hydrogens is 270 g/mol. The van der Waals surface area contributed by atoms with Crippen LogP contribution >= 0.6 is 0 Å². The predicted octanol–water partition coefficient (Wildman–Crippen LogP) is 2.34. The van der Waals surface area contributed by atoms with Crippen LogP contribution in [0.4, 0.5) is 0 Å². The molecule has 1 amide bonds. The van der Waals surface area contributed by atoms with Crippen molar-refractivity contribution in [2.45, 2.75) is 63.8 Å². The number of aliphatic carboxylic acids is 1. The number of hydrogen-bond acceptors (Lipinski definition) is 3. The Hall–Kier alpha value is -1.10. The third kappa shape index (κ3) is 5.30. The molecule has 0 aromatic heterocycles. The zero-order valence-electron chi connectivity index (χ0n) is 12.7. The maximum Gasteiger partial charge on any atom is 0.326 e. The molecule has 1 aliphatic carbocycles. The van der Waals surface area contributed by atoms with Crippen LogP contribution in [-0.2, 0) is 14.3 Å². The van der Waals surface area contributed by atoms with Gasteiger partial charge in [-0.3, -0.25) is 4.79 Å². The lowest BCUT2D eigenvalue weighted by Gasteiger charge is -2.28. The highest BCUT2D eigenvalue weighted by Gasteiger charge is 2.31. The van der Waals surface area contributed by atoms with E-state index in [0.717, 1.165) is 31.6 Å². The Morgan fingerprint density at radius 1 is 1.19 bits per heavy atom. The molecule has 0 bridgehead atoms. The molecule has 0 aromatic rings. The fourth-order valence-electron chi connectivity index (χ4n) is 3.51. The van der Waals surface area contributed by atoms with E-state index in [1.807, 2.05) is 0 Å². The number of carboxylic acids is 1. The summed E-state index contributed by atoms with van der Waals surface area (Å²) in [5, 5.41) is 12.0. The summed E-state index contributed by atoms with van der Waals surface area (Å²) in [4.78, 5) is 23.3. The highest BCUT2D eigenvalue weighted by Crippen LogP contribution is 2.28. The first-order valence-corrected chi connectivity index (χ1v) is 8.26. The van der Waals surface area contributed by atoms with Crippen molar-refractivity contribution < 1.29 is 19.4 Å². The molecule has 0 radical (unpaired) electrons. The van der Waals surface area contributed by atoms with Gasteiger partial charge in [0, 0.05) is 18.9 Å². The fraction of sp³-hybridized carbons (Fsp3) is 0.875. The number of hydrogen-bond donors (Lipinski definition) is 2. The van der Waals surface area contributed by atoms with Gasteiger partial charge in [-0.05, 0) is 31.6 Å². The SMILES string of the molecule is O=C(CCCC1CCCC1)NC(C(=O)O)C1CCCOC1. The maximum atomic E-state index is 12.0. The van der Waals surface area contributed by atoms with Crippen LogP contribution < -0.4 is 5.32 Å². The number of carbonyl (C=O) groups is 2. The zero-order chi connectivity index (χ0) is 15.1. The molecule has 120 valence electrons. The summed E-state index contributed by atoms with van der Waals surface area (Å²) in [6, 6.07) is -0.802. The second kappa shape index (κ2) is 8.37. The average molecular weight is 297 g/mol. The lowest BCUT2D eigenvalue weighted by molar-refractivity contribution is -0.145. The van der Waals surface area contributed by atoms with Crippen LogP contribution in [0.1, 0.15) is 57.8 Å². The van der Waals surface area contributed by atoms with Crippen LogP contribution in [0.15, 0.2) is 0 Å². The van der Waals surface area contributed by atoms with Gasteiger partial charge in [0.25, 0.3) is 0 Å². The normalized spacial score (nSPS) is 24.7. The zero-order valence-corrected chi connectivity index (χ0v) is 12.7.